The van der Waals surface area contributed by atoms with Crippen molar-refractivity contribution in [1.82, 2.24) is 4.98 Å². The van der Waals surface area contributed by atoms with Crippen LogP contribution in [-0.2, 0) is 11.2 Å². The van der Waals surface area contributed by atoms with Crippen LogP contribution in [0.25, 0.3) is 10.9 Å². The predicted molar refractivity (Wildman–Crippen MR) is 97.4 cm³/mol. The number of nitrogens with one attached hydrogen (secondary N) is 2. The Morgan fingerprint density at radius 3 is 2.58 bits per heavy atom. The number of fused-ring (bicyclic) bond motifs is 1. The van der Waals surface area contributed by atoms with Crippen LogP contribution < -0.4 is 10.9 Å². The number of aryl methyl sites for hydroxylation is 3. The van der Waals surface area contributed by atoms with Crippen molar-refractivity contribution in [1.29, 1.82) is 0 Å². The van der Waals surface area contributed by atoms with Gasteiger partial charge >= 0.3 is 0 Å². The van der Waals surface area contributed by atoms with Gasteiger partial charge in [0.1, 0.15) is 0 Å². The van der Waals surface area contributed by atoms with E-state index < -0.39 is 0 Å². The minimum Gasteiger partial charge on any atom is -0.326 e. The zero-order chi connectivity index (χ0) is 17.1. The molecule has 0 radical (unpaired) electrons. The highest BCUT2D eigenvalue weighted by Gasteiger charge is 2.09. The summed E-state index contributed by atoms with van der Waals surface area (Å²) in [5, 5.41) is 3.83. The van der Waals surface area contributed by atoms with E-state index in [1.165, 1.54) is 0 Å². The third-order valence-electron chi connectivity index (χ3n) is 4.31. The van der Waals surface area contributed by atoms with Gasteiger partial charge in [-0.15, -0.1) is 0 Å². The molecule has 0 bridgehead atoms. The van der Waals surface area contributed by atoms with Crippen LogP contribution in [0.2, 0.25) is 0 Å². The van der Waals surface area contributed by atoms with Gasteiger partial charge < -0.3 is 10.3 Å². The molecule has 2 aromatic carbocycles. The van der Waals surface area contributed by atoms with E-state index in [0.717, 1.165) is 27.7 Å². The normalized spacial score (nSPS) is 10.8. The maximum atomic E-state index is 12.3. The lowest BCUT2D eigenvalue weighted by atomic mass is 10.0. The molecule has 2 N–H and O–H groups in total. The molecule has 1 heterocycles. The maximum absolute atomic E-state index is 12.3. The molecule has 1 aromatic heterocycles. The van der Waals surface area contributed by atoms with E-state index in [1.54, 1.807) is 0 Å². The molecular formula is C20H20N2O2. The first-order valence-electron chi connectivity index (χ1n) is 8.01. The molecule has 0 saturated heterocycles. The lowest BCUT2D eigenvalue weighted by Crippen LogP contribution is -2.17. The third-order valence-corrected chi connectivity index (χ3v) is 4.31. The molecule has 0 spiro atoms. The average Bonchev–Trinajstić information content (AvgIpc) is 2.58. The van der Waals surface area contributed by atoms with Crippen molar-refractivity contribution >= 4 is 22.5 Å². The van der Waals surface area contributed by atoms with Gasteiger partial charge in [0.25, 0.3) is 5.56 Å². The molecule has 0 aliphatic heterocycles. The Labute approximate surface area is 140 Å². The number of carbonyl (C=O) groups excluding carboxylic acids is 1. The summed E-state index contributed by atoms with van der Waals surface area (Å²) in [7, 11) is 0. The number of hydrogen-bond acceptors (Lipinski definition) is 2. The summed E-state index contributed by atoms with van der Waals surface area (Å²) in [6.07, 6.45) is 0.686. The Morgan fingerprint density at radius 1 is 1.08 bits per heavy atom. The number of hydrogen-bond donors (Lipinski definition) is 2. The summed E-state index contributed by atoms with van der Waals surface area (Å²) in [6, 6.07) is 15.2. The van der Waals surface area contributed by atoms with Crippen molar-refractivity contribution < 1.29 is 4.79 Å². The first-order valence-corrected chi connectivity index (χ1v) is 8.01. The fourth-order valence-electron chi connectivity index (χ4n) is 2.75. The summed E-state index contributed by atoms with van der Waals surface area (Å²) < 4.78 is 0. The molecule has 0 unspecified atom stereocenters. The number of anilines is 1. The lowest BCUT2D eigenvalue weighted by molar-refractivity contribution is -0.116. The number of aromatic amines is 1. The van der Waals surface area contributed by atoms with Gasteiger partial charge in [-0.1, -0.05) is 30.3 Å². The summed E-state index contributed by atoms with van der Waals surface area (Å²) >= 11 is 0. The van der Waals surface area contributed by atoms with Crippen molar-refractivity contribution in [3.05, 3.63) is 75.6 Å². The van der Waals surface area contributed by atoms with E-state index in [0.29, 0.717) is 12.0 Å². The van der Waals surface area contributed by atoms with Crippen LogP contribution in [0.1, 0.15) is 23.1 Å². The van der Waals surface area contributed by atoms with Gasteiger partial charge in [-0.2, -0.15) is 0 Å². The second-order valence-electron chi connectivity index (χ2n) is 6.01. The van der Waals surface area contributed by atoms with Crippen LogP contribution in [0.3, 0.4) is 0 Å². The fourth-order valence-corrected chi connectivity index (χ4v) is 2.75. The van der Waals surface area contributed by atoms with Gasteiger partial charge in [0.15, 0.2) is 0 Å². The van der Waals surface area contributed by atoms with Crippen LogP contribution in [0.15, 0.2) is 53.3 Å². The quantitative estimate of drug-likeness (QED) is 0.769. The molecule has 4 nitrogen and oxygen atoms in total. The van der Waals surface area contributed by atoms with Gasteiger partial charge in [-0.25, -0.2) is 0 Å². The number of H-pyrrole nitrogens is 1. The minimum absolute atomic E-state index is 0.0965. The molecule has 0 fully saturated rings. The molecule has 3 rings (SSSR count). The first kappa shape index (κ1) is 16.0. The Kier molecular flexibility index (Phi) is 4.47. The predicted octanol–water partition coefficient (Wildman–Crippen LogP) is 3.72. The van der Waals surface area contributed by atoms with Gasteiger partial charge in [0.05, 0.1) is 5.52 Å². The SMILES string of the molecule is Cc1ccc2cc(CCC(=O)Nc3ccccc3)c(=O)[nH]c2c1C. The largest absolute Gasteiger partial charge is 0.326 e. The fraction of sp³-hybridized carbons (Fsp3) is 0.200. The van der Waals surface area contributed by atoms with E-state index in [2.05, 4.69) is 10.3 Å². The summed E-state index contributed by atoms with van der Waals surface area (Å²) in [4.78, 5) is 27.3. The highest BCUT2D eigenvalue weighted by Crippen LogP contribution is 2.19. The molecule has 1 amide bonds. The summed E-state index contributed by atoms with van der Waals surface area (Å²) in [5.41, 5.74) is 4.38. The van der Waals surface area contributed by atoms with Gasteiger partial charge in [0, 0.05) is 17.7 Å². The number of benzene rings is 2. The topological polar surface area (TPSA) is 62.0 Å². The number of para-hydroxylation sites is 1. The average molecular weight is 320 g/mol. The number of carbonyl (C=O) groups is 1. The Morgan fingerprint density at radius 2 is 1.83 bits per heavy atom. The van der Waals surface area contributed by atoms with Gasteiger partial charge in [0.2, 0.25) is 5.91 Å². The third kappa shape index (κ3) is 3.38. The van der Waals surface area contributed by atoms with E-state index in [4.69, 9.17) is 0 Å². The number of aromatic nitrogens is 1. The molecule has 0 aliphatic carbocycles. The molecule has 0 aliphatic rings. The molecule has 0 saturated carbocycles. The Hall–Kier alpha value is -2.88. The van der Waals surface area contributed by atoms with Crippen LogP contribution in [0, 0.1) is 13.8 Å². The zero-order valence-corrected chi connectivity index (χ0v) is 13.8. The number of rotatable bonds is 4. The second kappa shape index (κ2) is 6.71. The number of pyridine rings is 1. The van der Waals surface area contributed by atoms with Crippen molar-refractivity contribution in [3.8, 4) is 0 Å². The van der Waals surface area contributed by atoms with Crippen molar-refractivity contribution in [2.75, 3.05) is 5.32 Å². The molecule has 3 aromatic rings. The van der Waals surface area contributed by atoms with E-state index in [1.807, 2.05) is 62.4 Å². The standard InChI is InChI=1S/C20H20N2O2/c1-13-8-9-15-12-16(20(24)22-19(15)14(13)2)10-11-18(23)21-17-6-4-3-5-7-17/h3-9,12H,10-11H2,1-2H3,(H,21,23)(H,22,24). The molecule has 122 valence electrons. The van der Waals surface area contributed by atoms with Gasteiger partial charge in [-0.05, 0) is 55.0 Å². The smallest absolute Gasteiger partial charge is 0.251 e. The minimum atomic E-state index is -0.122. The van der Waals surface area contributed by atoms with Crippen LogP contribution >= 0.6 is 0 Å². The lowest BCUT2D eigenvalue weighted by Gasteiger charge is -2.08. The Balaban J connectivity index is 1.76. The Bertz CT molecular complexity index is 943. The van der Waals surface area contributed by atoms with Crippen molar-refractivity contribution in [2.24, 2.45) is 0 Å². The highest BCUT2D eigenvalue weighted by atomic mass is 16.1. The monoisotopic (exact) mass is 320 g/mol. The summed E-state index contributed by atoms with van der Waals surface area (Å²) in [5.74, 6) is -0.0965. The van der Waals surface area contributed by atoms with E-state index in [9.17, 15) is 9.59 Å². The van der Waals surface area contributed by atoms with Crippen molar-refractivity contribution in [2.45, 2.75) is 26.7 Å². The molecule has 0 atom stereocenters. The van der Waals surface area contributed by atoms with Gasteiger partial charge in [-0.3, -0.25) is 9.59 Å². The molecule has 24 heavy (non-hydrogen) atoms. The van der Waals surface area contributed by atoms with Crippen LogP contribution in [0.5, 0.6) is 0 Å². The zero-order valence-electron chi connectivity index (χ0n) is 13.8. The molecule has 4 heteroatoms. The molecular weight excluding hydrogens is 300 g/mol. The maximum Gasteiger partial charge on any atom is 0.251 e. The van der Waals surface area contributed by atoms with E-state index in [-0.39, 0.29) is 17.9 Å². The number of amides is 1. The summed E-state index contributed by atoms with van der Waals surface area (Å²) in [6.45, 7) is 4.02. The van der Waals surface area contributed by atoms with Crippen LogP contribution in [-0.4, -0.2) is 10.9 Å². The first-order chi connectivity index (χ1) is 11.5. The highest BCUT2D eigenvalue weighted by molar-refractivity contribution is 5.91. The van der Waals surface area contributed by atoms with Crippen LogP contribution in [0.4, 0.5) is 5.69 Å². The van der Waals surface area contributed by atoms with E-state index >= 15 is 0 Å². The van der Waals surface area contributed by atoms with Crippen molar-refractivity contribution in [3.63, 3.8) is 0 Å². The second-order valence-corrected chi connectivity index (χ2v) is 6.01.